The Morgan fingerprint density at radius 2 is 2.18 bits per heavy atom. The molecule has 0 amide bonds. The molecule has 0 saturated heterocycles. The second kappa shape index (κ2) is 5.58. The maximum Gasteiger partial charge on any atom is 0.246 e. The number of methoxy groups -OCH3 is 1. The molecule has 17 heavy (non-hydrogen) atoms. The predicted molar refractivity (Wildman–Crippen MR) is 60.9 cm³/mol. The highest BCUT2D eigenvalue weighted by atomic mass is 32.2. The molecule has 8 heteroatoms. The van der Waals surface area contributed by atoms with E-state index in [-0.39, 0.29) is 17.1 Å². The fourth-order valence-electron chi connectivity index (χ4n) is 1.41. The molecule has 0 aliphatic heterocycles. The summed E-state index contributed by atoms with van der Waals surface area (Å²) in [5, 5.41) is 15.4. The van der Waals surface area contributed by atoms with Crippen molar-refractivity contribution in [1.82, 2.24) is 14.5 Å². The highest BCUT2D eigenvalue weighted by Crippen LogP contribution is 2.20. The van der Waals surface area contributed by atoms with Gasteiger partial charge in [0.15, 0.2) is 0 Å². The summed E-state index contributed by atoms with van der Waals surface area (Å²) in [4.78, 5) is 0.0404. The summed E-state index contributed by atoms with van der Waals surface area (Å²) in [6.45, 7) is 1.73. The van der Waals surface area contributed by atoms with Crippen LogP contribution in [0.5, 0.6) is 0 Å². The number of ether oxygens (including phenoxy) is 1. The summed E-state index contributed by atoms with van der Waals surface area (Å²) in [5.41, 5.74) is 0.546. The molecule has 0 aliphatic carbocycles. The molecule has 98 valence electrons. The second-order valence-corrected chi connectivity index (χ2v) is 5.58. The summed E-state index contributed by atoms with van der Waals surface area (Å²) >= 11 is 0. The van der Waals surface area contributed by atoms with Gasteiger partial charge in [0.05, 0.1) is 18.9 Å². The number of hydrogen-bond acceptors (Lipinski definition) is 5. The number of hydrogen-bond donors (Lipinski definition) is 2. The Kier molecular flexibility index (Phi) is 4.63. The molecule has 0 fully saturated rings. The molecule has 1 rings (SSSR count). The van der Waals surface area contributed by atoms with Crippen LogP contribution in [0.25, 0.3) is 0 Å². The summed E-state index contributed by atoms with van der Waals surface area (Å²) in [6.07, 6.45) is 0. The van der Waals surface area contributed by atoms with Gasteiger partial charge in [0.2, 0.25) is 10.0 Å². The number of aliphatic hydroxyl groups is 1. The van der Waals surface area contributed by atoms with Gasteiger partial charge in [-0.3, -0.25) is 5.10 Å². The quantitative estimate of drug-likeness (QED) is 0.720. The molecule has 1 heterocycles. The maximum absolute atomic E-state index is 12.2. The van der Waals surface area contributed by atoms with Crippen molar-refractivity contribution in [3.8, 4) is 0 Å². The Balaban J connectivity index is 3.08. The van der Waals surface area contributed by atoms with Gasteiger partial charge in [-0.25, -0.2) is 8.42 Å². The summed E-state index contributed by atoms with van der Waals surface area (Å²) in [6, 6.07) is 0. The normalized spacial score (nSPS) is 12.3. The molecule has 0 radical (unpaired) electrons. The SMILES string of the molecule is COCCN(C)S(=O)(=O)c1c(CO)n[nH]c1C. The van der Waals surface area contributed by atoms with E-state index in [1.165, 1.54) is 18.5 Å². The van der Waals surface area contributed by atoms with Gasteiger partial charge in [0, 0.05) is 20.7 Å². The van der Waals surface area contributed by atoms with Crippen molar-refractivity contribution in [3.63, 3.8) is 0 Å². The highest BCUT2D eigenvalue weighted by molar-refractivity contribution is 7.89. The first-order chi connectivity index (χ1) is 7.95. The van der Waals surface area contributed by atoms with Gasteiger partial charge in [0.1, 0.15) is 10.6 Å². The van der Waals surface area contributed by atoms with E-state index < -0.39 is 16.6 Å². The lowest BCUT2D eigenvalue weighted by atomic mass is 10.4. The van der Waals surface area contributed by atoms with Crippen LogP contribution in [-0.2, 0) is 21.4 Å². The highest BCUT2D eigenvalue weighted by Gasteiger charge is 2.27. The van der Waals surface area contributed by atoms with E-state index in [0.29, 0.717) is 12.3 Å². The molecule has 2 N–H and O–H groups in total. The fraction of sp³-hybridized carbons (Fsp3) is 0.667. The van der Waals surface area contributed by atoms with Gasteiger partial charge in [-0.15, -0.1) is 0 Å². The van der Waals surface area contributed by atoms with Crippen LogP contribution in [0.2, 0.25) is 0 Å². The lowest BCUT2D eigenvalue weighted by molar-refractivity contribution is 0.185. The van der Waals surface area contributed by atoms with Gasteiger partial charge in [-0.2, -0.15) is 9.40 Å². The predicted octanol–water partition coefficient (Wildman–Crippen LogP) is -0.523. The van der Waals surface area contributed by atoms with Crippen LogP contribution >= 0.6 is 0 Å². The Bertz CT molecular complexity index is 469. The third kappa shape index (κ3) is 2.83. The molecule has 7 nitrogen and oxygen atoms in total. The molecular formula is C9H17N3O4S. The molecule has 0 unspecified atom stereocenters. The average Bonchev–Trinajstić information content (AvgIpc) is 2.67. The van der Waals surface area contributed by atoms with Crippen LogP contribution in [0.15, 0.2) is 4.90 Å². The van der Waals surface area contributed by atoms with Crippen molar-refractivity contribution in [2.45, 2.75) is 18.4 Å². The molecule has 0 aromatic carbocycles. The Morgan fingerprint density at radius 1 is 1.53 bits per heavy atom. The van der Waals surface area contributed by atoms with E-state index in [1.54, 1.807) is 6.92 Å². The molecule has 0 spiro atoms. The van der Waals surface area contributed by atoms with Crippen molar-refractivity contribution >= 4 is 10.0 Å². The van der Waals surface area contributed by atoms with Crippen molar-refractivity contribution in [2.75, 3.05) is 27.3 Å². The first-order valence-electron chi connectivity index (χ1n) is 5.05. The number of nitrogens with zero attached hydrogens (tertiary/aromatic N) is 2. The molecule has 0 saturated carbocycles. The topological polar surface area (TPSA) is 95.5 Å². The van der Waals surface area contributed by atoms with E-state index >= 15 is 0 Å². The minimum atomic E-state index is -3.64. The summed E-state index contributed by atoms with van der Waals surface area (Å²) in [7, 11) is -0.679. The van der Waals surface area contributed by atoms with Crippen LogP contribution in [0.1, 0.15) is 11.4 Å². The number of aryl methyl sites for hydroxylation is 1. The molecule has 0 atom stereocenters. The van der Waals surface area contributed by atoms with Gasteiger partial charge >= 0.3 is 0 Å². The van der Waals surface area contributed by atoms with E-state index in [2.05, 4.69) is 10.2 Å². The summed E-state index contributed by atoms with van der Waals surface area (Å²) < 4.78 is 30.4. The standard InChI is InChI=1S/C9H17N3O4S/c1-7-9(8(6-13)11-10-7)17(14,15)12(2)4-5-16-3/h13H,4-6H2,1-3H3,(H,10,11). The minimum absolute atomic E-state index is 0.0404. The monoisotopic (exact) mass is 263 g/mol. The van der Waals surface area contributed by atoms with Crippen LogP contribution in [0, 0.1) is 6.92 Å². The Labute approximate surface area is 100 Å². The molecule has 0 bridgehead atoms. The minimum Gasteiger partial charge on any atom is -0.390 e. The molecule has 1 aromatic heterocycles. The van der Waals surface area contributed by atoms with Gasteiger partial charge in [-0.1, -0.05) is 0 Å². The zero-order valence-corrected chi connectivity index (χ0v) is 10.9. The zero-order chi connectivity index (χ0) is 13.1. The first kappa shape index (κ1) is 14.1. The number of aliphatic hydroxyl groups excluding tert-OH is 1. The van der Waals surface area contributed by atoms with Gasteiger partial charge in [-0.05, 0) is 6.92 Å². The fourth-order valence-corrected chi connectivity index (χ4v) is 2.88. The molecular weight excluding hydrogens is 246 g/mol. The Morgan fingerprint density at radius 3 is 2.71 bits per heavy atom. The second-order valence-electron chi connectivity index (χ2n) is 3.60. The first-order valence-corrected chi connectivity index (χ1v) is 6.49. The maximum atomic E-state index is 12.2. The van der Waals surface area contributed by atoms with Gasteiger partial charge < -0.3 is 9.84 Å². The van der Waals surface area contributed by atoms with Crippen molar-refractivity contribution in [3.05, 3.63) is 11.4 Å². The Hall–Kier alpha value is -0.960. The third-order valence-electron chi connectivity index (χ3n) is 2.39. The number of sulfonamides is 1. The zero-order valence-electron chi connectivity index (χ0n) is 10.1. The van der Waals surface area contributed by atoms with E-state index in [1.807, 2.05) is 0 Å². The number of rotatable bonds is 6. The largest absolute Gasteiger partial charge is 0.390 e. The van der Waals surface area contributed by atoms with Crippen molar-refractivity contribution in [2.24, 2.45) is 0 Å². The lowest BCUT2D eigenvalue weighted by Crippen LogP contribution is -2.31. The smallest absolute Gasteiger partial charge is 0.246 e. The van der Waals surface area contributed by atoms with Crippen LogP contribution in [0.3, 0.4) is 0 Å². The van der Waals surface area contributed by atoms with Crippen LogP contribution < -0.4 is 0 Å². The average molecular weight is 263 g/mol. The van der Waals surface area contributed by atoms with E-state index in [0.717, 1.165) is 0 Å². The molecule has 0 aliphatic rings. The number of aromatic amines is 1. The number of nitrogens with one attached hydrogen (secondary N) is 1. The number of H-pyrrole nitrogens is 1. The molecule has 1 aromatic rings. The number of likely N-dealkylation sites (N-methyl/N-ethyl adjacent to an activating group) is 1. The van der Waals surface area contributed by atoms with Crippen LogP contribution in [-0.4, -0.2) is 55.3 Å². The van der Waals surface area contributed by atoms with Crippen molar-refractivity contribution in [1.29, 1.82) is 0 Å². The third-order valence-corrected chi connectivity index (χ3v) is 4.45. The van der Waals surface area contributed by atoms with Crippen LogP contribution in [0.4, 0.5) is 0 Å². The van der Waals surface area contributed by atoms with E-state index in [9.17, 15) is 8.42 Å². The van der Waals surface area contributed by atoms with Gasteiger partial charge in [0.25, 0.3) is 0 Å². The van der Waals surface area contributed by atoms with Crippen molar-refractivity contribution < 1.29 is 18.3 Å². The summed E-state index contributed by atoms with van der Waals surface area (Å²) in [5.74, 6) is 0. The van der Waals surface area contributed by atoms with E-state index in [4.69, 9.17) is 9.84 Å². The lowest BCUT2D eigenvalue weighted by Gasteiger charge is -2.16. The number of aromatic nitrogens is 2.